The minimum atomic E-state index is 0.719. The average molecular weight is 348 g/mol. The number of halogens is 1. The highest BCUT2D eigenvalue weighted by Gasteiger charge is 2.15. The van der Waals surface area contributed by atoms with Crippen molar-refractivity contribution in [3.8, 4) is 11.3 Å². The Hall–Kier alpha value is -2.78. The first kappa shape index (κ1) is 15.7. The maximum atomic E-state index is 6.05. The number of pyridine rings is 1. The maximum absolute atomic E-state index is 6.05. The summed E-state index contributed by atoms with van der Waals surface area (Å²) >= 11 is 6.05. The highest BCUT2D eigenvalue weighted by atomic mass is 35.5. The summed E-state index contributed by atoms with van der Waals surface area (Å²) in [4.78, 5) is 4.84. The zero-order chi connectivity index (χ0) is 17.4. The Morgan fingerprint density at radius 3 is 2.32 bits per heavy atom. The quantitative estimate of drug-likeness (QED) is 0.491. The smallest absolute Gasteiger partial charge is 0.143 e. The maximum Gasteiger partial charge on any atom is 0.143 e. The monoisotopic (exact) mass is 347 g/mol. The minimum Gasteiger partial charge on any atom is -0.339 e. The van der Waals surface area contributed by atoms with Gasteiger partial charge in [-0.3, -0.25) is 4.40 Å². The van der Waals surface area contributed by atoms with E-state index < -0.39 is 0 Å². The molecular formula is C21H18ClN3. The molecule has 0 saturated carbocycles. The Morgan fingerprint density at radius 2 is 1.60 bits per heavy atom. The highest BCUT2D eigenvalue weighted by Crippen LogP contribution is 2.32. The van der Waals surface area contributed by atoms with Crippen LogP contribution < -0.4 is 5.32 Å². The number of anilines is 2. The third-order valence-electron chi connectivity index (χ3n) is 4.27. The van der Waals surface area contributed by atoms with Crippen molar-refractivity contribution in [1.29, 1.82) is 0 Å². The molecule has 25 heavy (non-hydrogen) atoms. The number of fused-ring (bicyclic) bond motifs is 1. The topological polar surface area (TPSA) is 29.3 Å². The molecule has 4 rings (SSSR count). The largest absolute Gasteiger partial charge is 0.339 e. The summed E-state index contributed by atoms with van der Waals surface area (Å²) in [6.45, 7) is 4.17. The summed E-state index contributed by atoms with van der Waals surface area (Å²) in [6.07, 6.45) is 0. The van der Waals surface area contributed by atoms with Gasteiger partial charge in [-0.15, -0.1) is 0 Å². The van der Waals surface area contributed by atoms with Crippen molar-refractivity contribution < 1.29 is 0 Å². The van der Waals surface area contributed by atoms with Gasteiger partial charge in [0.25, 0.3) is 0 Å². The molecular weight excluding hydrogens is 330 g/mol. The lowest BCUT2D eigenvalue weighted by molar-refractivity contribution is 1.10. The fourth-order valence-corrected chi connectivity index (χ4v) is 3.08. The van der Waals surface area contributed by atoms with Crippen molar-refractivity contribution in [2.75, 3.05) is 5.32 Å². The van der Waals surface area contributed by atoms with Gasteiger partial charge in [0.1, 0.15) is 17.2 Å². The molecule has 2 heterocycles. The second-order valence-corrected chi connectivity index (χ2v) is 6.60. The summed E-state index contributed by atoms with van der Waals surface area (Å²) in [5.74, 6) is 0.958. The van der Waals surface area contributed by atoms with E-state index in [1.807, 2.05) is 36.4 Å². The van der Waals surface area contributed by atoms with Gasteiger partial charge in [0.05, 0.1) is 0 Å². The van der Waals surface area contributed by atoms with E-state index in [4.69, 9.17) is 16.6 Å². The standard InChI is InChI=1S/C21H18ClN3/c1-14-6-12-18(13-7-14)23-21-20(16-8-10-17(22)11-9-16)24-19-5-3-4-15(2)25(19)21/h3-13,23H,1-2H3. The van der Waals surface area contributed by atoms with Crippen LogP contribution in [0, 0.1) is 13.8 Å². The minimum absolute atomic E-state index is 0.719. The fourth-order valence-electron chi connectivity index (χ4n) is 2.95. The highest BCUT2D eigenvalue weighted by molar-refractivity contribution is 6.30. The van der Waals surface area contributed by atoms with E-state index in [-0.39, 0.29) is 0 Å². The van der Waals surface area contributed by atoms with Gasteiger partial charge in [-0.05, 0) is 50.2 Å². The van der Waals surface area contributed by atoms with Crippen molar-refractivity contribution >= 4 is 28.8 Å². The van der Waals surface area contributed by atoms with Gasteiger partial charge >= 0.3 is 0 Å². The summed E-state index contributed by atoms with van der Waals surface area (Å²) in [7, 11) is 0. The van der Waals surface area contributed by atoms with Crippen LogP contribution in [0.15, 0.2) is 66.7 Å². The Labute approximate surface area is 151 Å². The van der Waals surface area contributed by atoms with Crippen molar-refractivity contribution in [2.24, 2.45) is 0 Å². The summed E-state index contributed by atoms with van der Waals surface area (Å²) in [5, 5.41) is 4.26. The number of nitrogens with one attached hydrogen (secondary N) is 1. The summed E-state index contributed by atoms with van der Waals surface area (Å²) in [6, 6.07) is 22.3. The lowest BCUT2D eigenvalue weighted by Gasteiger charge is -2.11. The number of nitrogens with zero attached hydrogens (tertiary/aromatic N) is 2. The molecule has 0 bridgehead atoms. The van der Waals surface area contributed by atoms with E-state index >= 15 is 0 Å². The van der Waals surface area contributed by atoms with Crippen molar-refractivity contribution in [1.82, 2.24) is 9.38 Å². The first-order valence-electron chi connectivity index (χ1n) is 8.19. The third-order valence-corrected chi connectivity index (χ3v) is 4.52. The first-order valence-corrected chi connectivity index (χ1v) is 8.57. The van der Waals surface area contributed by atoms with Crippen molar-refractivity contribution in [3.63, 3.8) is 0 Å². The number of hydrogen-bond acceptors (Lipinski definition) is 2. The molecule has 2 aromatic carbocycles. The van der Waals surface area contributed by atoms with Gasteiger partial charge in [-0.2, -0.15) is 0 Å². The SMILES string of the molecule is Cc1ccc(Nc2c(-c3ccc(Cl)cc3)nc3cccc(C)n23)cc1. The number of imidazole rings is 1. The molecule has 0 aliphatic carbocycles. The second kappa shape index (κ2) is 6.26. The number of aryl methyl sites for hydroxylation is 2. The lowest BCUT2D eigenvalue weighted by Crippen LogP contribution is -1.99. The number of hydrogen-bond donors (Lipinski definition) is 1. The molecule has 0 unspecified atom stereocenters. The van der Waals surface area contributed by atoms with Crippen LogP contribution in [-0.4, -0.2) is 9.38 Å². The predicted molar refractivity (Wildman–Crippen MR) is 105 cm³/mol. The average Bonchev–Trinajstić information content (AvgIpc) is 2.97. The van der Waals surface area contributed by atoms with Crippen molar-refractivity contribution in [3.05, 3.63) is 83.0 Å². The molecule has 0 aliphatic rings. The van der Waals surface area contributed by atoms with Gasteiger partial charge < -0.3 is 5.32 Å². The van der Waals surface area contributed by atoms with E-state index in [1.54, 1.807) is 0 Å². The molecule has 2 aromatic heterocycles. The van der Waals surface area contributed by atoms with Crippen LogP contribution in [-0.2, 0) is 0 Å². The van der Waals surface area contributed by atoms with Gasteiger partial charge in [0.2, 0.25) is 0 Å². The molecule has 4 aromatic rings. The molecule has 3 nitrogen and oxygen atoms in total. The first-order chi connectivity index (χ1) is 12.1. The van der Waals surface area contributed by atoms with Crippen LogP contribution >= 0.6 is 11.6 Å². The van der Waals surface area contributed by atoms with Gasteiger partial charge in [-0.25, -0.2) is 4.98 Å². The van der Waals surface area contributed by atoms with Crippen LogP contribution in [0.3, 0.4) is 0 Å². The van der Waals surface area contributed by atoms with Gasteiger partial charge in [0.15, 0.2) is 0 Å². The fraction of sp³-hybridized carbons (Fsp3) is 0.0952. The molecule has 0 atom stereocenters. The van der Waals surface area contributed by atoms with Gasteiger partial charge in [-0.1, -0.05) is 47.5 Å². The Bertz CT molecular complexity index is 1030. The van der Waals surface area contributed by atoms with E-state index in [2.05, 4.69) is 53.9 Å². The normalized spacial score (nSPS) is 11.0. The van der Waals surface area contributed by atoms with Crippen LogP contribution in [0.2, 0.25) is 5.02 Å². The molecule has 0 aliphatic heterocycles. The molecule has 124 valence electrons. The third kappa shape index (κ3) is 2.99. The van der Waals surface area contributed by atoms with E-state index in [0.29, 0.717) is 0 Å². The Kier molecular flexibility index (Phi) is 3.94. The van der Waals surface area contributed by atoms with E-state index in [9.17, 15) is 0 Å². The molecule has 0 saturated heterocycles. The van der Waals surface area contributed by atoms with E-state index in [0.717, 1.165) is 39.1 Å². The molecule has 4 heteroatoms. The number of rotatable bonds is 3. The van der Waals surface area contributed by atoms with Crippen LogP contribution in [0.5, 0.6) is 0 Å². The Morgan fingerprint density at radius 1 is 0.880 bits per heavy atom. The second-order valence-electron chi connectivity index (χ2n) is 6.17. The molecule has 0 spiro atoms. The zero-order valence-corrected chi connectivity index (χ0v) is 14.9. The van der Waals surface area contributed by atoms with E-state index in [1.165, 1.54) is 5.56 Å². The van der Waals surface area contributed by atoms with Gasteiger partial charge in [0, 0.05) is 22.0 Å². The zero-order valence-electron chi connectivity index (χ0n) is 14.1. The van der Waals surface area contributed by atoms with Crippen LogP contribution in [0.1, 0.15) is 11.3 Å². The molecule has 1 N–H and O–H groups in total. The molecule has 0 radical (unpaired) electrons. The molecule has 0 amide bonds. The summed E-state index contributed by atoms with van der Waals surface area (Å²) < 4.78 is 2.14. The predicted octanol–water partition coefficient (Wildman–Crippen LogP) is 6.02. The summed E-state index contributed by atoms with van der Waals surface area (Å²) in [5.41, 5.74) is 6.25. The molecule has 0 fully saturated rings. The van der Waals surface area contributed by atoms with Crippen molar-refractivity contribution in [2.45, 2.75) is 13.8 Å². The van der Waals surface area contributed by atoms with Crippen LogP contribution in [0.25, 0.3) is 16.9 Å². The Balaban J connectivity index is 1.91. The lowest BCUT2D eigenvalue weighted by atomic mass is 10.1. The van der Waals surface area contributed by atoms with Crippen LogP contribution in [0.4, 0.5) is 11.5 Å². The number of benzene rings is 2. The number of aromatic nitrogens is 2.